The van der Waals surface area contributed by atoms with Gasteiger partial charge in [-0.1, -0.05) is 0 Å². The van der Waals surface area contributed by atoms with E-state index in [-0.39, 0.29) is 23.8 Å². The van der Waals surface area contributed by atoms with Gasteiger partial charge in [0.05, 0.1) is 5.92 Å². The molecule has 1 N–H and O–H groups in total. The Morgan fingerprint density at radius 2 is 2.20 bits per heavy atom. The second kappa shape index (κ2) is 6.54. The molecule has 0 aromatic heterocycles. The van der Waals surface area contributed by atoms with Crippen molar-refractivity contribution < 1.29 is 9.59 Å². The van der Waals surface area contributed by atoms with Crippen LogP contribution in [0.25, 0.3) is 0 Å². The van der Waals surface area contributed by atoms with Crippen LogP contribution in [0.4, 0.5) is 0 Å². The minimum atomic E-state index is -0.148. The lowest BCUT2D eigenvalue weighted by atomic mass is 10.1. The van der Waals surface area contributed by atoms with E-state index in [9.17, 15) is 9.59 Å². The maximum Gasteiger partial charge on any atom is 0.228 e. The van der Waals surface area contributed by atoms with Gasteiger partial charge in [-0.25, -0.2) is 0 Å². The van der Waals surface area contributed by atoms with Gasteiger partial charge in [0.1, 0.15) is 0 Å². The molecule has 0 aromatic carbocycles. The van der Waals surface area contributed by atoms with Crippen molar-refractivity contribution in [1.82, 2.24) is 20.0 Å². The van der Waals surface area contributed by atoms with Crippen molar-refractivity contribution in [2.75, 3.05) is 53.4 Å². The largest absolute Gasteiger partial charge is 0.341 e. The van der Waals surface area contributed by atoms with E-state index >= 15 is 0 Å². The van der Waals surface area contributed by atoms with E-state index in [1.54, 1.807) is 0 Å². The van der Waals surface area contributed by atoms with Gasteiger partial charge in [-0.05, 0) is 21.0 Å². The SMILES string of the molecule is C[C@H]1CNCCN1C(=O)[C@@H]1CC(=O)N(CCN(C)C)C1. The molecule has 2 rings (SSSR count). The van der Waals surface area contributed by atoms with Crippen LogP contribution in [0.1, 0.15) is 13.3 Å². The van der Waals surface area contributed by atoms with Gasteiger partial charge in [0, 0.05) is 51.7 Å². The molecule has 0 saturated carbocycles. The third kappa shape index (κ3) is 3.49. The Morgan fingerprint density at radius 3 is 2.85 bits per heavy atom. The summed E-state index contributed by atoms with van der Waals surface area (Å²) in [7, 11) is 3.98. The Hall–Kier alpha value is -1.14. The zero-order valence-corrected chi connectivity index (χ0v) is 12.8. The van der Waals surface area contributed by atoms with E-state index in [1.165, 1.54) is 0 Å². The first-order valence-corrected chi connectivity index (χ1v) is 7.42. The molecule has 2 fully saturated rings. The fourth-order valence-electron chi connectivity index (χ4n) is 2.88. The van der Waals surface area contributed by atoms with Crippen LogP contribution in [0.3, 0.4) is 0 Å². The number of nitrogens with zero attached hydrogens (tertiary/aromatic N) is 3. The average Bonchev–Trinajstić information content (AvgIpc) is 2.77. The lowest BCUT2D eigenvalue weighted by Crippen LogP contribution is -2.54. The normalized spacial score (nSPS) is 27.5. The number of hydrogen-bond donors (Lipinski definition) is 1. The summed E-state index contributed by atoms with van der Waals surface area (Å²) in [6, 6.07) is 0.224. The molecule has 0 bridgehead atoms. The lowest BCUT2D eigenvalue weighted by molar-refractivity contribution is -0.138. The highest BCUT2D eigenvalue weighted by molar-refractivity contribution is 5.89. The molecule has 0 aromatic rings. The van der Waals surface area contributed by atoms with Crippen LogP contribution >= 0.6 is 0 Å². The van der Waals surface area contributed by atoms with Crippen LogP contribution in [-0.2, 0) is 9.59 Å². The molecule has 2 atom stereocenters. The highest BCUT2D eigenvalue weighted by Crippen LogP contribution is 2.21. The second-order valence-electron chi connectivity index (χ2n) is 6.13. The summed E-state index contributed by atoms with van der Waals surface area (Å²) >= 11 is 0. The molecular formula is C14H26N4O2. The first kappa shape index (κ1) is 15.3. The lowest BCUT2D eigenvalue weighted by Gasteiger charge is -2.35. The van der Waals surface area contributed by atoms with Gasteiger partial charge in [-0.3, -0.25) is 9.59 Å². The number of hydrogen-bond acceptors (Lipinski definition) is 4. The average molecular weight is 282 g/mol. The van der Waals surface area contributed by atoms with Crippen LogP contribution < -0.4 is 5.32 Å². The van der Waals surface area contributed by atoms with Crippen molar-refractivity contribution in [3.8, 4) is 0 Å². The van der Waals surface area contributed by atoms with Gasteiger partial charge in [-0.2, -0.15) is 0 Å². The predicted octanol–water partition coefficient (Wildman–Crippen LogP) is -0.783. The smallest absolute Gasteiger partial charge is 0.228 e. The number of carbonyl (C=O) groups excluding carboxylic acids is 2. The first-order valence-electron chi connectivity index (χ1n) is 7.42. The van der Waals surface area contributed by atoms with Crippen LogP contribution in [0, 0.1) is 5.92 Å². The third-order valence-electron chi connectivity index (χ3n) is 4.17. The van der Waals surface area contributed by atoms with Gasteiger partial charge < -0.3 is 20.0 Å². The summed E-state index contributed by atoms with van der Waals surface area (Å²) in [6.07, 6.45) is 0.378. The standard InChI is InChI=1S/C14H26N4O2/c1-11-9-15-4-5-18(11)14(20)12-8-13(19)17(10-12)7-6-16(2)3/h11-12,15H,4-10H2,1-3H3/t11-,12+/m0/s1. The van der Waals surface area contributed by atoms with Gasteiger partial charge in [0.15, 0.2) is 0 Å². The van der Waals surface area contributed by atoms with E-state index < -0.39 is 0 Å². The summed E-state index contributed by atoms with van der Waals surface area (Å²) in [5.41, 5.74) is 0. The molecule has 20 heavy (non-hydrogen) atoms. The number of nitrogens with one attached hydrogen (secondary N) is 1. The molecule has 0 radical (unpaired) electrons. The van der Waals surface area contributed by atoms with E-state index in [2.05, 4.69) is 17.1 Å². The Balaban J connectivity index is 1.90. The van der Waals surface area contributed by atoms with Crippen molar-refractivity contribution in [1.29, 1.82) is 0 Å². The number of rotatable bonds is 4. The van der Waals surface area contributed by atoms with Crippen LogP contribution in [0.15, 0.2) is 0 Å². The molecule has 6 nitrogen and oxygen atoms in total. The van der Waals surface area contributed by atoms with Crippen LogP contribution in [0.5, 0.6) is 0 Å². The fraction of sp³-hybridized carbons (Fsp3) is 0.857. The van der Waals surface area contributed by atoms with Crippen molar-refractivity contribution in [2.24, 2.45) is 5.92 Å². The number of likely N-dealkylation sites (N-methyl/N-ethyl adjacent to an activating group) is 1. The van der Waals surface area contributed by atoms with Gasteiger partial charge >= 0.3 is 0 Å². The Morgan fingerprint density at radius 1 is 1.45 bits per heavy atom. The quantitative estimate of drug-likeness (QED) is 0.735. The molecule has 0 aliphatic carbocycles. The highest BCUT2D eigenvalue weighted by Gasteiger charge is 2.37. The van der Waals surface area contributed by atoms with Crippen molar-refractivity contribution in [3.63, 3.8) is 0 Å². The van der Waals surface area contributed by atoms with Gasteiger partial charge in [-0.15, -0.1) is 0 Å². The summed E-state index contributed by atoms with van der Waals surface area (Å²) in [5, 5.41) is 3.28. The van der Waals surface area contributed by atoms with E-state index in [4.69, 9.17) is 0 Å². The van der Waals surface area contributed by atoms with Gasteiger partial charge in [0.25, 0.3) is 0 Å². The number of carbonyl (C=O) groups is 2. The van der Waals surface area contributed by atoms with Crippen LogP contribution in [0.2, 0.25) is 0 Å². The summed E-state index contributed by atoms with van der Waals surface area (Å²) in [6.45, 7) is 6.65. The minimum Gasteiger partial charge on any atom is -0.341 e. The topological polar surface area (TPSA) is 55.9 Å². The zero-order chi connectivity index (χ0) is 14.7. The minimum absolute atomic E-state index is 0.119. The molecule has 2 heterocycles. The van der Waals surface area contributed by atoms with Crippen LogP contribution in [-0.4, -0.2) is 85.9 Å². The van der Waals surface area contributed by atoms with Crippen molar-refractivity contribution >= 4 is 11.8 Å². The van der Waals surface area contributed by atoms with Gasteiger partial charge in [0.2, 0.25) is 11.8 Å². The maximum atomic E-state index is 12.5. The maximum absolute atomic E-state index is 12.5. The summed E-state index contributed by atoms with van der Waals surface area (Å²) in [5.74, 6) is 0.123. The molecule has 2 aliphatic rings. The summed E-state index contributed by atoms with van der Waals surface area (Å²) < 4.78 is 0. The predicted molar refractivity (Wildman–Crippen MR) is 77.3 cm³/mol. The van der Waals surface area contributed by atoms with Crippen molar-refractivity contribution in [2.45, 2.75) is 19.4 Å². The third-order valence-corrected chi connectivity index (χ3v) is 4.17. The monoisotopic (exact) mass is 282 g/mol. The molecule has 2 aliphatic heterocycles. The molecule has 2 amide bonds. The number of likely N-dealkylation sites (tertiary alicyclic amines) is 1. The molecule has 0 unspecified atom stereocenters. The van der Waals surface area contributed by atoms with E-state index in [0.717, 1.165) is 26.2 Å². The first-order chi connectivity index (χ1) is 9.49. The fourth-order valence-corrected chi connectivity index (χ4v) is 2.88. The Labute approximate surface area is 121 Å². The summed E-state index contributed by atoms with van der Waals surface area (Å²) in [4.78, 5) is 30.4. The molecule has 2 saturated heterocycles. The Kier molecular flexibility index (Phi) is 4.99. The number of piperazine rings is 1. The molecular weight excluding hydrogens is 256 g/mol. The van der Waals surface area contributed by atoms with E-state index in [0.29, 0.717) is 19.5 Å². The molecule has 6 heteroatoms. The highest BCUT2D eigenvalue weighted by atomic mass is 16.2. The van der Waals surface area contributed by atoms with Crippen molar-refractivity contribution in [3.05, 3.63) is 0 Å². The van der Waals surface area contributed by atoms with E-state index in [1.807, 2.05) is 23.9 Å². The molecule has 0 spiro atoms. The second-order valence-corrected chi connectivity index (χ2v) is 6.13. The zero-order valence-electron chi connectivity index (χ0n) is 12.8. The number of amides is 2. The Bertz CT molecular complexity index is 372. The molecule has 114 valence electrons.